The Bertz CT molecular complexity index is 220. The summed E-state index contributed by atoms with van der Waals surface area (Å²) in [5.74, 6) is 0.475. The van der Waals surface area contributed by atoms with Gasteiger partial charge >= 0.3 is 0 Å². The largest absolute Gasteiger partial charge is 0.384 e. The van der Waals surface area contributed by atoms with Gasteiger partial charge in [-0.2, -0.15) is 0 Å². The van der Waals surface area contributed by atoms with E-state index in [0.717, 1.165) is 12.7 Å². The van der Waals surface area contributed by atoms with Crippen LogP contribution >= 0.6 is 11.6 Å². The van der Waals surface area contributed by atoms with Crippen molar-refractivity contribution in [3.63, 3.8) is 0 Å². The number of rotatable bonds is 1. The van der Waals surface area contributed by atoms with Crippen LogP contribution in [0.1, 0.15) is 0 Å². The molecule has 3 nitrogen and oxygen atoms in total. The Morgan fingerprint density at radius 3 is 2.70 bits per heavy atom. The summed E-state index contributed by atoms with van der Waals surface area (Å²) in [6, 6.07) is 0. The lowest BCUT2D eigenvalue weighted by Gasteiger charge is -2.00. The lowest BCUT2D eigenvalue weighted by atomic mass is 9.74. The molecule has 0 aliphatic rings. The molecule has 0 amide bonds. The molecule has 1 aromatic rings. The quantitative estimate of drug-likeness (QED) is 0.452. The van der Waals surface area contributed by atoms with Gasteiger partial charge in [0.2, 0.25) is 0 Å². The fraction of sp³-hybridized carbons (Fsp3) is 0.200. The SMILES string of the molecule is CBc1c(N)ncnc1Cl. The van der Waals surface area contributed by atoms with Crippen LogP contribution in [0.2, 0.25) is 12.0 Å². The first-order chi connectivity index (χ1) is 4.75. The molecule has 1 rings (SSSR count). The molecule has 10 heavy (non-hydrogen) atoms. The molecule has 0 unspecified atom stereocenters. The number of nitrogens with two attached hydrogens (primary N) is 1. The van der Waals surface area contributed by atoms with Crippen molar-refractivity contribution >= 4 is 30.2 Å². The van der Waals surface area contributed by atoms with Crippen LogP contribution < -0.4 is 11.2 Å². The third-order valence-electron chi connectivity index (χ3n) is 1.28. The Morgan fingerprint density at radius 2 is 2.30 bits per heavy atom. The maximum atomic E-state index is 5.70. The molecular formula is C5H7BClN3. The van der Waals surface area contributed by atoms with Gasteiger partial charge in [0.1, 0.15) is 17.3 Å². The average molecular weight is 155 g/mol. The Labute approximate surface area is 64.9 Å². The molecule has 0 aliphatic heterocycles. The molecule has 0 fully saturated rings. The van der Waals surface area contributed by atoms with Crippen LogP contribution in [0.3, 0.4) is 0 Å². The monoisotopic (exact) mass is 155 g/mol. The zero-order valence-corrected chi connectivity index (χ0v) is 6.39. The van der Waals surface area contributed by atoms with Crippen molar-refractivity contribution in [2.75, 3.05) is 5.73 Å². The Hall–Kier alpha value is -0.765. The van der Waals surface area contributed by atoms with E-state index in [9.17, 15) is 0 Å². The number of nitrogen functional groups attached to an aromatic ring is 1. The van der Waals surface area contributed by atoms with Gasteiger partial charge in [-0.25, -0.2) is 9.97 Å². The summed E-state index contributed by atoms with van der Waals surface area (Å²) in [5, 5.41) is 0.454. The van der Waals surface area contributed by atoms with Crippen LogP contribution in [0.25, 0.3) is 0 Å². The topological polar surface area (TPSA) is 51.8 Å². The van der Waals surface area contributed by atoms with Crippen LogP contribution in [-0.4, -0.2) is 17.2 Å². The minimum Gasteiger partial charge on any atom is -0.384 e. The molecule has 0 spiro atoms. The van der Waals surface area contributed by atoms with E-state index in [1.807, 2.05) is 6.82 Å². The van der Waals surface area contributed by atoms with E-state index in [0.29, 0.717) is 11.0 Å². The second kappa shape index (κ2) is 2.88. The molecule has 0 saturated carbocycles. The predicted molar refractivity (Wildman–Crippen MR) is 44.1 cm³/mol. The number of hydrogen-bond acceptors (Lipinski definition) is 3. The number of hydrogen-bond donors (Lipinski definition) is 1. The Kier molecular flexibility index (Phi) is 2.11. The van der Waals surface area contributed by atoms with Crippen molar-refractivity contribution in [2.45, 2.75) is 6.82 Å². The van der Waals surface area contributed by atoms with E-state index in [1.165, 1.54) is 6.33 Å². The van der Waals surface area contributed by atoms with Crippen molar-refractivity contribution in [1.29, 1.82) is 0 Å². The fourth-order valence-corrected chi connectivity index (χ4v) is 1.00. The van der Waals surface area contributed by atoms with Crippen LogP contribution in [-0.2, 0) is 0 Å². The van der Waals surface area contributed by atoms with E-state index < -0.39 is 0 Å². The van der Waals surface area contributed by atoms with Gasteiger partial charge in [-0.05, 0) is 5.46 Å². The molecule has 0 saturated heterocycles. The molecule has 0 atom stereocenters. The second-order valence-electron chi connectivity index (χ2n) is 1.88. The average Bonchev–Trinajstić information content (AvgIpc) is 1.88. The van der Waals surface area contributed by atoms with Gasteiger partial charge in [0.15, 0.2) is 7.28 Å². The lowest BCUT2D eigenvalue weighted by Crippen LogP contribution is -2.19. The summed E-state index contributed by atoms with van der Waals surface area (Å²) in [7, 11) is 0.769. The standard InChI is InChI=1S/C5H7BClN3/c1-6-3-4(7)9-2-10-5(3)8/h2,6H,1H3,(H2,8,9,10). The van der Waals surface area contributed by atoms with Crippen LogP contribution in [0.15, 0.2) is 6.33 Å². The summed E-state index contributed by atoms with van der Waals surface area (Å²) >= 11 is 5.70. The second-order valence-corrected chi connectivity index (χ2v) is 2.24. The zero-order chi connectivity index (χ0) is 7.56. The molecule has 0 aliphatic carbocycles. The number of halogens is 1. The minimum atomic E-state index is 0.454. The minimum absolute atomic E-state index is 0.454. The Balaban J connectivity index is 3.17. The lowest BCUT2D eigenvalue weighted by molar-refractivity contribution is 1.19. The first-order valence-electron chi connectivity index (χ1n) is 3.00. The summed E-state index contributed by atoms with van der Waals surface area (Å²) in [6.07, 6.45) is 1.36. The van der Waals surface area contributed by atoms with Crippen molar-refractivity contribution in [3.8, 4) is 0 Å². The van der Waals surface area contributed by atoms with Gasteiger partial charge in [-0.1, -0.05) is 18.4 Å². The van der Waals surface area contributed by atoms with E-state index in [1.54, 1.807) is 0 Å². The zero-order valence-electron chi connectivity index (χ0n) is 5.63. The molecular weight excluding hydrogens is 148 g/mol. The first-order valence-corrected chi connectivity index (χ1v) is 3.38. The van der Waals surface area contributed by atoms with Crippen molar-refractivity contribution in [1.82, 2.24) is 9.97 Å². The van der Waals surface area contributed by atoms with Gasteiger partial charge in [-0.3, -0.25) is 0 Å². The smallest absolute Gasteiger partial charge is 0.163 e. The summed E-state index contributed by atoms with van der Waals surface area (Å²) in [5.41, 5.74) is 6.32. The molecule has 1 aromatic heterocycles. The highest BCUT2D eigenvalue weighted by atomic mass is 35.5. The van der Waals surface area contributed by atoms with Gasteiger partial charge in [0, 0.05) is 0 Å². The highest BCUT2D eigenvalue weighted by Crippen LogP contribution is 2.00. The molecule has 5 heteroatoms. The Morgan fingerprint density at radius 1 is 1.60 bits per heavy atom. The number of aromatic nitrogens is 2. The maximum Gasteiger partial charge on any atom is 0.163 e. The van der Waals surface area contributed by atoms with Gasteiger partial charge in [0.05, 0.1) is 0 Å². The molecule has 0 radical (unpaired) electrons. The third-order valence-corrected chi connectivity index (χ3v) is 1.61. The number of anilines is 1. The summed E-state index contributed by atoms with van der Waals surface area (Å²) in [6.45, 7) is 1.96. The van der Waals surface area contributed by atoms with E-state index in [2.05, 4.69) is 9.97 Å². The first kappa shape index (κ1) is 7.34. The third kappa shape index (κ3) is 1.21. The molecule has 2 N–H and O–H groups in total. The van der Waals surface area contributed by atoms with Crippen molar-refractivity contribution in [2.24, 2.45) is 0 Å². The van der Waals surface area contributed by atoms with E-state index in [4.69, 9.17) is 17.3 Å². The van der Waals surface area contributed by atoms with Crippen LogP contribution in [0.4, 0.5) is 5.82 Å². The molecule has 52 valence electrons. The summed E-state index contributed by atoms with van der Waals surface area (Å²) in [4.78, 5) is 7.58. The highest BCUT2D eigenvalue weighted by Gasteiger charge is 2.03. The van der Waals surface area contributed by atoms with E-state index in [-0.39, 0.29) is 0 Å². The van der Waals surface area contributed by atoms with Crippen LogP contribution in [0.5, 0.6) is 0 Å². The van der Waals surface area contributed by atoms with Crippen molar-refractivity contribution < 1.29 is 0 Å². The predicted octanol–water partition coefficient (Wildman–Crippen LogP) is -0.178. The highest BCUT2D eigenvalue weighted by molar-refractivity contribution is 6.58. The maximum absolute atomic E-state index is 5.70. The molecule has 1 heterocycles. The van der Waals surface area contributed by atoms with Gasteiger partial charge in [0.25, 0.3) is 0 Å². The summed E-state index contributed by atoms with van der Waals surface area (Å²) < 4.78 is 0. The van der Waals surface area contributed by atoms with Gasteiger partial charge in [-0.15, -0.1) is 0 Å². The molecule has 0 aromatic carbocycles. The normalized spacial score (nSPS) is 9.40. The van der Waals surface area contributed by atoms with E-state index >= 15 is 0 Å². The van der Waals surface area contributed by atoms with Crippen LogP contribution in [0, 0.1) is 0 Å². The number of nitrogens with zero attached hydrogens (tertiary/aromatic N) is 2. The molecule has 0 bridgehead atoms. The van der Waals surface area contributed by atoms with Crippen molar-refractivity contribution in [3.05, 3.63) is 11.5 Å². The van der Waals surface area contributed by atoms with Gasteiger partial charge < -0.3 is 5.73 Å². The fourth-order valence-electron chi connectivity index (χ4n) is 0.730.